The van der Waals surface area contributed by atoms with Crippen molar-refractivity contribution in [2.45, 2.75) is 90.6 Å². The van der Waals surface area contributed by atoms with Crippen LogP contribution in [0.4, 0.5) is 0 Å². The Morgan fingerprint density at radius 1 is 1.19 bits per heavy atom. The molecule has 2 nitrogen and oxygen atoms in total. The molecule has 21 heavy (non-hydrogen) atoms. The highest BCUT2D eigenvalue weighted by atomic mass is 32.1. The van der Waals surface area contributed by atoms with E-state index in [-0.39, 0.29) is 0 Å². The highest BCUT2D eigenvalue weighted by Crippen LogP contribution is 2.43. The van der Waals surface area contributed by atoms with Gasteiger partial charge in [0, 0.05) is 23.4 Å². The molecular weight excluding hydrogens is 276 g/mol. The average Bonchev–Trinajstić information content (AvgIpc) is 3.19. The van der Waals surface area contributed by atoms with Gasteiger partial charge in [-0.05, 0) is 50.4 Å². The lowest BCUT2D eigenvalue weighted by Gasteiger charge is -2.33. The monoisotopic (exact) mass is 306 g/mol. The molecule has 0 saturated heterocycles. The lowest BCUT2D eigenvalue weighted by atomic mass is 9.73. The third-order valence-electron chi connectivity index (χ3n) is 5.10. The average molecular weight is 307 g/mol. The molecule has 0 radical (unpaired) electrons. The topological polar surface area (TPSA) is 24.9 Å². The van der Waals surface area contributed by atoms with Gasteiger partial charge in [0.1, 0.15) is 0 Å². The SMILES string of the molecule is CCCc1nc(C2CCC(C)(C)CC2)sc1CNC1CC1. The van der Waals surface area contributed by atoms with Crippen molar-refractivity contribution >= 4 is 11.3 Å². The fourth-order valence-electron chi connectivity index (χ4n) is 3.32. The van der Waals surface area contributed by atoms with Crippen LogP contribution in [-0.2, 0) is 13.0 Å². The Balaban J connectivity index is 1.68. The van der Waals surface area contributed by atoms with Crippen LogP contribution in [0.15, 0.2) is 0 Å². The summed E-state index contributed by atoms with van der Waals surface area (Å²) < 4.78 is 0. The summed E-state index contributed by atoms with van der Waals surface area (Å²) in [6.07, 6.45) is 10.5. The second-order valence-corrected chi connectivity index (χ2v) is 8.88. The Bertz CT molecular complexity index is 464. The number of thiazole rings is 1. The maximum Gasteiger partial charge on any atom is 0.0962 e. The lowest BCUT2D eigenvalue weighted by Crippen LogP contribution is -2.20. The maximum absolute atomic E-state index is 5.05. The smallest absolute Gasteiger partial charge is 0.0962 e. The summed E-state index contributed by atoms with van der Waals surface area (Å²) in [5.74, 6) is 0.730. The van der Waals surface area contributed by atoms with Crippen LogP contribution in [-0.4, -0.2) is 11.0 Å². The second-order valence-electron chi connectivity index (χ2n) is 7.77. The first-order valence-corrected chi connectivity index (χ1v) is 9.61. The van der Waals surface area contributed by atoms with Crippen molar-refractivity contribution in [1.29, 1.82) is 0 Å². The molecule has 2 saturated carbocycles. The summed E-state index contributed by atoms with van der Waals surface area (Å²) in [4.78, 5) is 6.57. The first kappa shape index (κ1) is 15.5. The minimum absolute atomic E-state index is 0.552. The van der Waals surface area contributed by atoms with Gasteiger partial charge in [0.25, 0.3) is 0 Å². The molecule has 1 heterocycles. The summed E-state index contributed by atoms with van der Waals surface area (Å²) in [6, 6.07) is 0.792. The summed E-state index contributed by atoms with van der Waals surface area (Å²) in [5.41, 5.74) is 1.94. The molecule has 0 bridgehead atoms. The van der Waals surface area contributed by atoms with Gasteiger partial charge in [-0.25, -0.2) is 4.98 Å². The maximum atomic E-state index is 5.05. The van der Waals surface area contributed by atoms with E-state index in [9.17, 15) is 0 Å². The van der Waals surface area contributed by atoms with Gasteiger partial charge in [-0.15, -0.1) is 11.3 Å². The van der Waals surface area contributed by atoms with Crippen molar-refractivity contribution in [3.05, 3.63) is 15.6 Å². The van der Waals surface area contributed by atoms with Crippen LogP contribution < -0.4 is 5.32 Å². The van der Waals surface area contributed by atoms with Gasteiger partial charge >= 0.3 is 0 Å². The fraction of sp³-hybridized carbons (Fsp3) is 0.833. The quantitative estimate of drug-likeness (QED) is 0.797. The second kappa shape index (κ2) is 6.37. The molecule has 0 aromatic carbocycles. The van der Waals surface area contributed by atoms with Crippen molar-refractivity contribution in [3.63, 3.8) is 0 Å². The van der Waals surface area contributed by atoms with Crippen LogP contribution in [0.5, 0.6) is 0 Å². The molecule has 3 heteroatoms. The molecule has 0 unspecified atom stereocenters. The molecule has 3 rings (SSSR count). The molecule has 0 atom stereocenters. The Morgan fingerprint density at radius 3 is 2.52 bits per heavy atom. The van der Waals surface area contributed by atoms with Crippen molar-refractivity contribution < 1.29 is 0 Å². The van der Waals surface area contributed by atoms with E-state index in [4.69, 9.17) is 4.98 Å². The summed E-state index contributed by atoms with van der Waals surface area (Å²) in [6.45, 7) is 8.15. The predicted molar refractivity (Wildman–Crippen MR) is 91.0 cm³/mol. The highest BCUT2D eigenvalue weighted by molar-refractivity contribution is 7.11. The third kappa shape index (κ3) is 4.07. The Hall–Kier alpha value is -0.410. The molecule has 118 valence electrons. The van der Waals surface area contributed by atoms with Crippen molar-refractivity contribution in [3.8, 4) is 0 Å². The summed E-state index contributed by atoms with van der Waals surface area (Å²) in [5, 5.41) is 5.10. The minimum atomic E-state index is 0.552. The Labute approximate surface area is 133 Å². The molecule has 0 spiro atoms. The number of hydrogen-bond acceptors (Lipinski definition) is 3. The van der Waals surface area contributed by atoms with Crippen molar-refractivity contribution in [2.75, 3.05) is 0 Å². The normalized spacial score (nSPS) is 22.6. The minimum Gasteiger partial charge on any atom is -0.309 e. The molecule has 2 aliphatic carbocycles. The molecular formula is C18H30N2S. The van der Waals surface area contributed by atoms with Gasteiger partial charge < -0.3 is 5.32 Å². The van der Waals surface area contributed by atoms with Crippen LogP contribution in [0.1, 0.15) is 87.2 Å². The molecule has 0 aliphatic heterocycles. The van der Waals surface area contributed by atoms with E-state index >= 15 is 0 Å². The lowest BCUT2D eigenvalue weighted by molar-refractivity contribution is 0.224. The van der Waals surface area contributed by atoms with Crippen LogP contribution in [0.2, 0.25) is 0 Å². The number of nitrogens with one attached hydrogen (secondary N) is 1. The molecule has 1 N–H and O–H groups in total. The van der Waals surface area contributed by atoms with Crippen LogP contribution in [0, 0.1) is 5.41 Å². The number of hydrogen-bond donors (Lipinski definition) is 1. The van der Waals surface area contributed by atoms with Crippen LogP contribution >= 0.6 is 11.3 Å². The number of nitrogens with zero attached hydrogens (tertiary/aromatic N) is 1. The van der Waals surface area contributed by atoms with Gasteiger partial charge in [-0.1, -0.05) is 27.2 Å². The van der Waals surface area contributed by atoms with E-state index in [0.29, 0.717) is 5.41 Å². The molecule has 2 fully saturated rings. The van der Waals surface area contributed by atoms with Crippen LogP contribution in [0.3, 0.4) is 0 Å². The number of aromatic nitrogens is 1. The van der Waals surface area contributed by atoms with Gasteiger partial charge in [-0.3, -0.25) is 0 Å². The third-order valence-corrected chi connectivity index (χ3v) is 6.36. The zero-order chi connectivity index (χ0) is 14.9. The Kier molecular flexibility index (Phi) is 4.70. The van der Waals surface area contributed by atoms with E-state index in [1.165, 1.54) is 60.5 Å². The molecule has 0 amide bonds. The highest BCUT2D eigenvalue weighted by Gasteiger charge is 2.30. The van der Waals surface area contributed by atoms with E-state index < -0.39 is 0 Å². The largest absolute Gasteiger partial charge is 0.309 e. The van der Waals surface area contributed by atoms with Gasteiger partial charge in [-0.2, -0.15) is 0 Å². The van der Waals surface area contributed by atoms with Gasteiger partial charge in [0.15, 0.2) is 0 Å². The van der Waals surface area contributed by atoms with E-state index in [0.717, 1.165) is 24.9 Å². The first-order valence-electron chi connectivity index (χ1n) is 8.79. The van der Waals surface area contributed by atoms with Crippen molar-refractivity contribution in [2.24, 2.45) is 5.41 Å². The summed E-state index contributed by atoms with van der Waals surface area (Å²) in [7, 11) is 0. The van der Waals surface area contributed by atoms with E-state index in [1.807, 2.05) is 11.3 Å². The number of aryl methyl sites for hydroxylation is 1. The van der Waals surface area contributed by atoms with Crippen LogP contribution in [0.25, 0.3) is 0 Å². The molecule has 1 aromatic rings. The first-order chi connectivity index (χ1) is 10.1. The molecule has 1 aromatic heterocycles. The predicted octanol–water partition coefficient (Wildman–Crippen LogP) is 5.03. The van der Waals surface area contributed by atoms with Gasteiger partial charge in [0.05, 0.1) is 10.7 Å². The summed E-state index contributed by atoms with van der Waals surface area (Å²) >= 11 is 2.00. The molecule has 2 aliphatic rings. The van der Waals surface area contributed by atoms with E-state index in [1.54, 1.807) is 0 Å². The standard InChI is InChI=1S/C18H30N2S/c1-4-5-15-16(12-19-14-6-7-14)21-17(20-15)13-8-10-18(2,3)11-9-13/h13-14,19H,4-12H2,1-3H3. The number of rotatable bonds is 6. The van der Waals surface area contributed by atoms with E-state index in [2.05, 4.69) is 26.1 Å². The zero-order valence-electron chi connectivity index (χ0n) is 13.9. The van der Waals surface area contributed by atoms with Gasteiger partial charge in [0.2, 0.25) is 0 Å². The van der Waals surface area contributed by atoms with Crippen molar-refractivity contribution in [1.82, 2.24) is 10.3 Å². The fourth-order valence-corrected chi connectivity index (χ4v) is 4.55. The zero-order valence-corrected chi connectivity index (χ0v) is 14.7. The Morgan fingerprint density at radius 2 is 1.90 bits per heavy atom.